The first-order valence-electron chi connectivity index (χ1n) is 10.3. The van der Waals surface area contributed by atoms with Gasteiger partial charge in [-0.25, -0.2) is 15.0 Å². The summed E-state index contributed by atoms with van der Waals surface area (Å²) >= 11 is 13.1. The van der Waals surface area contributed by atoms with Gasteiger partial charge in [-0.2, -0.15) is 0 Å². The highest BCUT2D eigenvalue weighted by Crippen LogP contribution is 2.35. The van der Waals surface area contributed by atoms with Gasteiger partial charge in [-0.1, -0.05) is 17.7 Å². The van der Waals surface area contributed by atoms with Crippen LogP contribution in [0.25, 0.3) is 10.9 Å². The van der Waals surface area contributed by atoms with Gasteiger partial charge in [-0.05, 0) is 30.7 Å². The number of anilines is 3. The number of hydrogen-bond acceptors (Lipinski definition) is 8. The fourth-order valence-electron chi connectivity index (χ4n) is 3.15. The van der Waals surface area contributed by atoms with Gasteiger partial charge in [0.05, 0.1) is 25.7 Å². The van der Waals surface area contributed by atoms with E-state index in [1.54, 1.807) is 37.6 Å². The van der Waals surface area contributed by atoms with Crippen molar-refractivity contribution in [1.82, 2.24) is 15.0 Å². The molecule has 0 aliphatic rings. The number of hydrogen-bond donors (Lipinski definition) is 2. The van der Waals surface area contributed by atoms with Crippen LogP contribution in [-0.2, 0) is 11.2 Å². The molecule has 0 aliphatic heterocycles. The topological polar surface area (TPSA) is 98.3 Å². The van der Waals surface area contributed by atoms with Gasteiger partial charge in [0, 0.05) is 39.1 Å². The molecular weight excluding hydrogens is 497 g/mol. The van der Waals surface area contributed by atoms with Crippen molar-refractivity contribution >= 4 is 68.0 Å². The average Bonchev–Trinajstić information content (AvgIpc) is 3.25. The molecule has 0 saturated heterocycles. The monoisotopic (exact) mass is 517 g/mol. The maximum absolute atomic E-state index is 12.4. The molecular formula is C23H21Cl2N5O3S. The van der Waals surface area contributed by atoms with Gasteiger partial charge < -0.3 is 20.1 Å². The van der Waals surface area contributed by atoms with Crippen LogP contribution in [0.1, 0.15) is 11.3 Å². The normalized spacial score (nSPS) is 10.8. The number of ether oxygens (including phenoxy) is 2. The Morgan fingerprint density at radius 1 is 1.15 bits per heavy atom. The predicted octanol–water partition coefficient (Wildman–Crippen LogP) is 5.68. The summed E-state index contributed by atoms with van der Waals surface area (Å²) in [4.78, 5) is 26.3. The van der Waals surface area contributed by atoms with Crippen molar-refractivity contribution in [2.75, 3.05) is 30.2 Å². The van der Waals surface area contributed by atoms with E-state index in [0.717, 1.165) is 16.7 Å². The largest absolute Gasteiger partial charge is 0.493 e. The number of carbonyl (C=O) groups excluding carboxylic acids is 1. The maximum atomic E-state index is 12.4. The summed E-state index contributed by atoms with van der Waals surface area (Å²) in [5.74, 6) is 2.09. The fraction of sp³-hybridized carbons (Fsp3) is 0.217. The highest BCUT2D eigenvalue weighted by Gasteiger charge is 2.14. The predicted molar refractivity (Wildman–Crippen MR) is 136 cm³/mol. The Morgan fingerprint density at radius 3 is 2.82 bits per heavy atom. The summed E-state index contributed by atoms with van der Waals surface area (Å²) in [6, 6.07) is 10.6. The third-order valence-corrected chi connectivity index (χ3v) is 6.09. The Kier molecular flexibility index (Phi) is 7.99. The molecule has 34 heavy (non-hydrogen) atoms. The molecule has 2 aromatic carbocycles. The number of halogens is 2. The Morgan fingerprint density at radius 2 is 2.03 bits per heavy atom. The SMILES string of the molecule is COc1cc2c(Nc3ncc(CC(=O)Nc4cccc(Cl)c4)s3)ncnc2cc1OCCCCl. The van der Waals surface area contributed by atoms with Crippen molar-refractivity contribution in [1.29, 1.82) is 0 Å². The van der Waals surface area contributed by atoms with E-state index in [9.17, 15) is 4.79 Å². The zero-order valence-corrected chi connectivity index (χ0v) is 20.5. The third-order valence-electron chi connectivity index (χ3n) is 4.68. The lowest BCUT2D eigenvalue weighted by atomic mass is 10.2. The van der Waals surface area contributed by atoms with Gasteiger partial charge >= 0.3 is 0 Å². The van der Waals surface area contributed by atoms with E-state index in [2.05, 4.69) is 25.6 Å². The van der Waals surface area contributed by atoms with E-state index in [0.29, 0.717) is 51.2 Å². The van der Waals surface area contributed by atoms with Crippen LogP contribution in [0.3, 0.4) is 0 Å². The smallest absolute Gasteiger partial charge is 0.229 e. The molecule has 0 radical (unpaired) electrons. The first kappa shape index (κ1) is 24.0. The number of nitrogens with zero attached hydrogens (tertiary/aromatic N) is 3. The molecule has 2 heterocycles. The van der Waals surface area contributed by atoms with Crippen LogP contribution in [0, 0.1) is 0 Å². The molecule has 2 aromatic heterocycles. The minimum absolute atomic E-state index is 0.156. The van der Waals surface area contributed by atoms with E-state index in [4.69, 9.17) is 32.7 Å². The third kappa shape index (κ3) is 6.05. The molecule has 0 fully saturated rings. The van der Waals surface area contributed by atoms with Crippen molar-refractivity contribution in [2.45, 2.75) is 12.8 Å². The van der Waals surface area contributed by atoms with E-state index in [1.807, 2.05) is 12.1 Å². The maximum Gasteiger partial charge on any atom is 0.229 e. The van der Waals surface area contributed by atoms with E-state index < -0.39 is 0 Å². The Balaban J connectivity index is 1.48. The average molecular weight is 518 g/mol. The number of fused-ring (bicyclic) bond motifs is 1. The summed E-state index contributed by atoms with van der Waals surface area (Å²) in [6.07, 6.45) is 4.04. The van der Waals surface area contributed by atoms with Crippen molar-refractivity contribution in [3.8, 4) is 11.5 Å². The van der Waals surface area contributed by atoms with Crippen molar-refractivity contribution in [3.63, 3.8) is 0 Å². The lowest BCUT2D eigenvalue weighted by molar-refractivity contribution is -0.115. The van der Waals surface area contributed by atoms with Crippen LogP contribution in [-0.4, -0.2) is 40.5 Å². The van der Waals surface area contributed by atoms with Crippen LogP contribution >= 0.6 is 34.5 Å². The summed E-state index contributed by atoms with van der Waals surface area (Å²) in [5, 5.41) is 7.96. The quantitative estimate of drug-likeness (QED) is 0.206. The molecule has 0 unspecified atom stereocenters. The fourth-order valence-corrected chi connectivity index (χ4v) is 4.26. The lowest BCUT2D eigenvalue weighted by Gasteiger charge is -2.13. The first-order valence-corrected chi connectivity index (χ1v) is 12.1. The molecule has 176 valence electrons. The minimum atomic E-state index is -0.156. The van der Waals surface area contributed by atoms with E-state index in [1.165, 1.54) is 17.7 Å². The molecule has 4 aromatic rings. The van der Waals surface area contributed by atoms with Gasteiger partial charge in [0.2, 0.25) is 5.91 Å². The first-order chi connectivity index (χ1) is 16.6. The zero-order valence-electron chi connectivity index (χ0n) is 18.2. The number of rotatable bonds is 10. The van der Waals surface area contributed by atoms with E-state index >= 15 is 0 Å². The highest BCUT2D eigenvalue weighted by atomic mass is 35.5. The van der Waals surface area contributed by atoms with Gasteiger partial charge in [0.1, 0.15) is 12.1 Å². The van der Waals surface area contributed by atoms with Gasteiger partial charge in [-0.3, -0.25) is 4.79 Å². The van der Waals surface area contributed by atoms with Gasteiger partial charge in [-0.15, -0.1) is 22.9 Å². The van der Waals surface area contributed by atoms with Crippen molar-refractivity contribution in [3.05, 3.63) is 58.8 Å². The Hall–Kier alpha value is -3.14. The molecule has 11 heteroatoms. The number of amides is 1. The second-order valence-corrected chi connectivity index (χ2v) is 9.06. The number of aromatic nitrogens is 3. The number of benzene rings is 2. The summed E-state index contributed by atoms with van der Waals surface area (Å²) in [7, 11) is 1.58. The number of methoxy groups -OCH3 is 1. The number of carbonyl (C=O) groups is 1. The molecule has 2 N–H and O–H groups in total. The molecule has 8 nitrogen and oxygen atoms in total. The van der Waals surface area contributed by atoms with Crippen LogP contribution in [0.2, 0.25) is 5.02 Å². The van der Waals surface area contributed by atoms with Crippen molar-refractivity contribution in [2.24, 2.45) is 0 Å². The molecule has 0 saturated carbocycles. The van der Waals surface area contributed by atoms with Crippen LogP contribution in [0.4, 0.5) is 16.6 Å². The molecule has 4 rings (SSSR count). The van der Waals surface area contributed by atoms with Crippen molar-refractivity contribution < 1.29 is 14.3 Å². The Bertz CT molecular complexity index is 1300. The van der Waals surface area contributed by atoms with Crippen LogP contribution in [0.15, 0.2) is 48.9 Å². The molecule has 1 amide bonds. The number of alkyl halides is 1. The van der Waals surface area contributed by atoms with Crippen LogP contribution in [0.5, 0.6) is 11.5 Å². The second kappa shape index (κ2) is 11.3. The molecule has 0 spiro atoms. The zero-order chi connectivity index (χ0) is 23.9. The molecule has 0 aliphatic carbocycles. The molecule has 0 atom stereocenters. The number of nitrogens with one attached hydrogen (secondary N) is 2. The van der Waals surface area contributed by atoms with Crippen LogP contribution < -0.4 is 20.1 Å². The van der Waals surface area contributed by atoms with Gasteiger partial charge in [0.15, 0.2) is 16.6 Å². The number of thiazole rings is 1. The van der Waals surface area contributed by atoms with Gasteiger partial charge in [0.25, 0.3) is 0 Å². The molecule has 0 bridgehead atoms. The lowest BCUT2D eigenvalue weighted by Crippen LogP contribution is -2.13. The second-order valence-electron chi connectivity index (χ2n) is 7.13. The van der Waals surface area contributed by atoms with E-state index in [-0.39, 0.29) is 12.3 Å². The standard InChI is InChI=1S/C23H21Cl2N5O3S/c1-32-19-10-17-18(11-20(19)33-7-3-6-24)27-13-28-22(17)30-23-26-12-16(34-23)9-21(31)29-15-5-2-4-14(25)8-15/h2,4-5,8,10-13H,3,6-7,9H2,1H3,(H,29,31)(H,26,27,28,30). The summed E-state index contributed by atoms with van der Waals surface area (Å²) < 4.78 is 11.3. The summed E-state index contributed by atoms with van der Waals surface area (Å²) in [6.45, 7) is 0.480. The summed E-state index contributed by atoms with van der Waals surface area (Å²) in [5.41, 5.74) is 1.34. The minimum Gasteiger partial charge on any atom is -0.493 e. The Labute approximate surface area is 210 Å². The highest BCUT2D eigenvalue weighted by molar-refractivity contribution is 7.15.